The third kappa shape index (κ3) is 2.82. The molecule has 106 valence electrons. The van der Waals surface area contributed by atoms with Gasteiger partial charge in [0.15, 0.2) is 0 Å². The molecule has 2 N–H and O–H groups in total. The van der Waals surface area contributed by atoms with Gasteiger partial charge in [0.05, 0.1) is 19.3 Å². The van der Waals surface area contributed by atoms with Gasteiger partial charge in [0.1, 0.15) is 5.41 Å². The highest BCUT2D eigenvalue weighted by molar-refractivity contribution is 7.87. The molecule has 2 unspecified atom stereocenters. The van der Waals surface area contributed by atoms with Crippen LogP contribution in [0.15, 0.2) is 0 Å². The molecule has 18 heavy (non-hydrogen) atoms. The zero-order valence-electron chi connectivity index (χ0n) is 11.0. The van der Waals surface area contributed by atoms with Gasteiger partial charge in [-0.05, 0) is 20.8 Å². The summed E-state index contributed by atoms with van der Waals surface area (Å²) in [5.74, 6) is -1.07. The molecule has 0 spiro atoms. The summed E-state index contributed by atoms with van der Waals surface area (Å²) in [6, 6.07) is -0.970. The van der Waals surface area contributed by atoms with Crippen molar-refractivity contribution in [2.75, 3.05) is 20.3 Å². The highest BCUT2D eigenvalue weighted by Gasteiger charge is 2.48. The predicted molar refractivity (Wildman–Crippen MR) is 65.3 cm³/mol. The Bertz CT molecular complexity index is 422. The number of aliphatic carboxylic acids is 1. The van der Waals surface area contributed by atoms with Crippen LogP contribution < -0.4 is 4.72 Å². The van der Waals surface area contributed by atoms with Gasteiger partial charge in [0.2, 0.25) is 0 Å². The van der Waals surface area contributed by atoms with Crippen molar-refractivity contribution in [1.29, 1.82) is 0 Å². The van der Waals surface area contributed by atoms with Crippen molar-refractivity contribution in [1.82, 2.24) is 9.03 Å². The van der Waals surface area contributed by atoms with Crippen molar-refractivity contribution in [3.63, 3.8) is 0 Å². The minimum atomic E-state index is -3.71. The summed E-state index contributed by atoms with van der Waals surface area (Å²) in [6.45, 7) is 5.02. The Morgan fingerprint density at radius 3 is 2.56 bits per heavy atom. The quantitative estimate of drug-likeness (QED) is 0.717. The Labute approximate surface area is 107 Å². The van der Waals surface area contributed by atoms with E-state index in [1.807, 2.05) is 0 Å². The molecule has 2 atom stereocenters. The van der Waals surface area contributed by atoms with Crippen molar-refractivity contribution in [2.45, 2.75) is 32.9 Å². The fourth-order valence-corrected chi connectivity index (χ4v) is 3.00. The van der Waals surface area contributed by atoms with Crippen LogP contribution in [0.25, 0.3) is 0 Å². The molecule has 1 heterocycles. The van der Waals surface area contributed by atoms with Crippen molar-refractivity contribution in [2.24, 2.45) is 5.41 Å². The topological polar surface area (TPSA) is 95.9 Å². The summed E-state index contributed by atoms with van der Waals surface area (Å²) in [5, 5.41) is 9.16. The molecule has 7 nitrogen and oxygen atoms in total. The molecule has 8 heteroatoms. The zero-order valence-corrected chi connectivity index (χ0v) is 11.8. The van der Waals surface area contributed by atoms with Gasteiger partial charge in [-0.2, -0.15) is 17.4 Å². The van der Waals surface area contributed by atoms with Crippen LogP contribution >= 0.6 is 0 Å². The molecule has 1 saturated heterocycles. The normalized spacial score (nSPS) is 29.1. The smallest absolute Gasteiger partial charge is 0.313 e. The minimum Gasteiger partial charge on any atom is -0.481 e. The average molecular weight is 280 g/mol. The van der Waals surface area contributed by atoms with Crippen LogP contribution in [0.5, 0.6) is 0 Å². The molecule has 0 amide bonds. The lowest BCUT2D eigenvalue weighted by atomic mass is 9.86. The molecule has 0 aromatic carbocycles. The van der Waals surface area contributed by atoms with E-state index in [1.54, 1.807) is 13.8 Å². The number of nitrogens with one attached hydrogen (secondary N) is 1. The van der Waals surface area contributed by atoms with Crippen LogP contribution in [0, 0.1) is 5.41 Å². The Kier molecular flexibility index (Phi) is 4.37. The zero-order chi connectivity index (χ0) is 14.1. The van der Waals surface area contributed by atoms with Gasteiger partial charge < -0.3 is 9.84 Å². The standard InChI is InChI=1S/C10H20N2O5S/c1-7(2)12(4)18(15,16)11-8-5-17-6-10(8,3)9(13)14/h7-8,11H,5-6H2,1-4H3,(H,13,14). The van der Waals surface area contributed by atoms with E-state index >= 15 is 0 Å². The minimum absolute atomic E-state index is 0.000906. The van der Waals surface area contributed by atoms with E-state index in [9.17, 15) is 13.2 Å². The van der Waals surface area contributed by atoms with E-state index in [2.05, 4.69) is 4.72 Å². The maximum absolute atomic E-state index is 12.0. The average Bonchev–Trinajstić information content (AvgIpc) is 2.60. The first kappa shape index (κ1) is 15.4. The molecule has 1 rings (SSSR count). The highest BCUT2D eigenvalue weighted by atomic mass is 32.2. The summed E-state index contributed by atoms with van der Waals surface area (Å²) in [6.07, 6.45) is 0. The number of hydrogen-bond donors (Lipinski definition) is 2. The van der Waals surface area contributed by atoms with Crippen LogP contribution in [-0.2, 0) is 19.7 Å². The van der Waals surface area contributed by atoms with Crippen LogP contribution in [0.2, 0.25) is 0 Å². The Balaban J connectivity index is 2.88. The molecule has 0 aromatic rings. The first-order valence-corrected chi connectivity index (χ1v) is 7.11. The number of carboxylic acids is 1. The molecule has 0 saturated carbocycles. The van der Waals surface area contributed by atoms with E-state index in [4.69, 9.17) is 9.84 Å². The van der Waals surface area contributed by atoms with Gasteiger partial charge >= 0.3 is 5.97 Å². The maximum atomic E-state index is 12.0. The number of carbonyl (C=O) groups is 1. The van der Waals surface area contributed by atoms with Crippen molar-refractivity contribution in [3.8, 4) is 0 Å². The fourth-order valence-electron chi connectivity index (χ4n) is 1.59. The second-order valence-corrected chi connectivity index (χ2v) is 6.78. The number of carboxylic acid groups (broad SMARTS) is 1. The molecule has 0 bridgehead atoms. The van der Waals surface area contributed by atoms with Crippen molar-refractivity contribution < 1.29 is 23.1 Å². The first-order chi connectivity index (χ1) is 8.11. The maximum Gasteiger partial charge on any atom is 0.313 e. The Hall–Kier alpha value is -0.700. The predicted octanol–water partition coefficient (Wildman–Crippen LogP) is -0.349. The van der Waals surface area contributed by atoms with Gasteiger partial charge in [-0.15, -0.1) is 0 Å². The Morgan fingerprint density at radius 1 is 1.56 bits per heavy atom. The third-order valence-electron chi connectivity index (χ3n) is 3.34. The number of rotatable bonds is 5. The molecule has 0 radical (unpaired) electrons. The summed E-state index contributed by atoms with van der Waals surface area (Å²) < 4.78 is 32.7. The summed E-state index contributed by atoms with van der Waals surface area (Å²) in [4.78, 5) is 11.2. The van der Waals surface area contributed by atoms with Gasteiger partial charge in [0, 0.05) is 13.1 Å². The number of hydrogen-bond acceptors (Lipinski definition) is 4. The first-order valence-electron chi connectivity index (χ1n) is 5.67. The summed E-state index contributed by atoms with van der Waals surface area (Å²) in [7, 11) is -2.26. The SMILES string of the molecule is CC(C)N(C)S(=O)(=O)NC1COCC1(C)C(=O)O. The van der Waals surface area contributed by atoms with E-state index in [1.165, 1.54) is 14.0 Å². The monoisotopic (exact) mass is 280 g/mol. The van der Waals surface area contributed by atoms with Crippen LogP contribution in [-0.4, -0.2) is 56.1 Å². The van der Waals surface area contributed by atoms with Crippen LogP contribution in [0.1, 0.15) is 20.8 Å². The van der Waals surface area contributed by atoms with Gasteiger partial charge in [-0.1, -0.05) is 0 Å². The summed E-state index contributed by atoms with van der Waals surface area (Å²) in [5.41, 5.74) is -1.23. The molecule has 0 aliphatic carbocycles. The highest BCUT2D eigenvalue weighted by Crippen LogP contribution is 2.29. The lowest BCUT2D eigenvalue weighted by molar-refractivity contribution is -0.148. The number of nitrogens with zero attached hydrogens (tertiary/aromatic N) is 1. The summed E-state index contributed by atoms with van der Waals surface area (Å²) >= 11 is 0. The van der Waals surface area contributed by atoms with E-state index in [-0.39, 0.29) is 19.3 Å². The lowest BCUT2D eigenvalue weighted by Crippen LogP contribution is -2.53. The molecular formula is C10H20N2O5S. The second-order valence-electron chi connectivity index (χ2n) is 5.02. The van der Waals surface area contributed by atoms with E-state index < -0.39 is 27.6 Å². The Morgan fingerprint density at radius 2 is 2.11 bits per heavy atom. The third-order valence-corrected chi connectivity index (χ3v) is 5.10. The molecule has 1 fully saturated rings. The van der Waals surface area contributed by atoms with Gasteiger partial charge in [0.25, 0.3) is 10.2 Å². The number of ether oxygens (including phenoxy) is 1. The molecule has 1 aliphatic heterocycles. The molecule has 0 aromatic heterocycles. The van der Waals surface area contributed by atoms with Crippen LogP contribution in [0.3, 0.4) is 0 Å². The van der Waals surface area contributed by atoms with Gasteiger partial charge in [-0.3, -0.25) is 4.79 Å². The van der Waals surface area contributed by atoms with Gasteiger partial charge in [-0.25, -0.2) is 0 Å². The van der Waals surface area contributed by atoms with Crippen molar-refractivity contribution >= 4 is 16.2 Å². The second kappa shape index (κ2) is 5.12. The largest absolute Gasteiger partial charge is 0.481 e. The van der Waals surface area contributed by atoms with E-state index in [0.717, 1.165) is 4.31 Å². The molecule has 1 aliphatic rings. The van der Waals surface area contributed by atoms with E-state index in [0.29, 0.717) is 0 Å². The lowest BCUT2D eigenvalue weighted by Gasteiger charge is -2.28. The molecular weight excluding hydrogens is 260 g/mol. The van der Waals surface area contributed by atoms with Crippen molar-refractivity contribution in [3.05, 3.63) is 0 Å². The fraction of sp³-hybridized carbons (Fsp3) is 0.900. The van der Waals surface area contributed by atoms with Crippen LogP contribution in [0.4, 0.5) is 0 Å².